The Kier molecular flexibility index (Phi) is 2.25. The summed E-state index contributed by atoms with van der Waals surface area (Å²) in [6.07, 6.45) is 2.18. The Balaban J connectivity index is 2.76. The van der Waals surface area contributed by atoms with Gasteiger partial charge in [-0.2, -0.15) is 0 Å². The summed E-state index contributed by atoms with van der Waals surface area (Å²) in [6.45, 7) is 1.93. The van der Waals surface area contributed by atoms with Crippen LogP contribution in [0.5, 0.6) is 0 Å². The number of carbonyl (C=O) groups is 1. The molecule has 1 N–H and O–H groups in total. The third-order valence-corrected chi connectivity index (χ3v) is 1.43. The Morgan fingerprint density at radius 1 is 1.82 bits per heavy atom. The summed E-state index contributed by atoms with van der Waals surface area (Å²) in [6, 6.07) is 0. The molecule has 1 rings (SSSR count). The smallest absolute Gasteiger partial charge is 0.309 e. The number of aryl methyl sites for hydroxylation is 1. The topological polar surface area (TPSA) is 63.3 Å². The fourth-order valence-electron chi connectivity index (χ4n) is 0.857. The maximum atomic E-state index is 10.3. The minimum Gasteiger partial charge on any atom is -0.481 e. The molecule has 1 aromatic heterocycles. The van der Waals surface area contributed by atoms with Crippen LogP contribution < -0.4 is 0 Å². The third kappa shape index (κ3) is 1.80. The first-order chi connectivity index (χ1) is 5.24. The molecule has 0 spiro atoms. The van der Waals surface area contributed by atoms with Crippen molar-refractivity contribution in [2.45, 2.75) is 19.8 Å². The zero-order valence-electron chi connectivity index (χ0n) is 6.20. The highest BCUT2D eigenvalue weighted by Crippen LogP contribution is 2.07. The van der Waals surface area contributed by atoms with E-state index in [4.69, 9.17) is 5.11 Å². The lowest BCUT2D eigenvalue weighted by Gasteiger charge is -1.91. The van der Waals surface area contributed by atoms with Gasteiger partial charge < -0.3 is 9.63 Å². The molecule has 0 amide bonds. The molecule has 11 heavy (non-hydrogen) atoms. The number of aliphatic carboxylic acids is 1. The van der Waals surface area contributed by atoms with Crippen LogP contribution in [0.4, 0.5) is 0 Å². The lowest BCUT2D eigenvalue weighted by atomic mass is 10.1. The average Bonchev–Trinajstić information content (AvgIpc) is 2.34. The fraction of sp³-hybridized carbons (Fsp3) is 0.429. The molecule has 0 aliphatic heterocycles. The second-order valence-electron chi connectivity index (χ2n) is 2.21. The summed E-state index contributed by atoms with van der Waals surface area (Å²) in [4.78, 5) is 10.3. The van der Waals surface area contributed by atoms with Crippen molar-refractivity contribution in [3.63, 3.8) is 0 Å². The van der Waals surface area contributed by atoms with E-state index in [1.807, 2.05) is 6.92 Å². The zero-order valence-corrected chi connectivity index (χ0v) is 6.20. The van der Waals surface area contributed by atoms with Crippen LogP contribution in [0.25, 0.3) is 0 Å². The predicted molar refractivity (Wildman–Crippen MR) is 37.2 cm³/mol. The molecular weight excluding hydrogens is 146 g/mol. The minimum atomic E-state index is -0.881. The van der Waals surface area contributed by atoms with Crippen molar-refractivity contribution in [1.29, 1.82) is 0 Å². The van der Waals surface area contributed by atoms with Crippen molar-refractivity contribution in [3.8, 4) is 0 Å². The van der Waals surface area contributed by atoms with Crippen LogP contribution in [0.1, 0.15) is 18.2 Å². The quantitative estimate of drug-likeness (QED) is 0.703. The number of aromatic nitrogens is 1. The summed E-state index contributed by atoms with van der Waals surface area (Å²) in [5.41, 5.74) is 1.40. The first kappa shape index (κ1) is 7.78. The molecule has 0 radical (unpaired) electrons. The number of nitrogens with zero attached hydrogens (tertiary/aromatic N) is 1. The SMILES string of the molecule is CCc1conc1CC(=O)O. The van der Waals surface area contributed by atoms with Gasteiger partial charge in [0.1, 0.15) is 6.26 Å². The highest BCUT2D eigenvalue weighted by molar-refractivity contribution is 5.69. The van der Waals surface area contributed by atoms with E-state index >= 15 is 0 Å². The number of hydrogen-bond donors (Lipinski definition) is 1. The summed E-state index contributed by atoms with van der Waals surface area (Å²) in [5.74, 6) is -0.881. The van der Waals surface area contributed by atoms with Crippen LogP contribution in [-0.2, 0) is 17.6 Å². The largest absolute Gasteiger partial charge is 0.481 e. The van der Waals surface area contributed by atoms with Gasteiger partial charge in [-0.25, -0.2) is 0 Å². The fourth-order valence-corrected chi connectivity index (χ4v) is 0.857. The normalized spacial score (nSPS) is 9.91. The maximum Gasteiger partial charge on any atom is 0.309 e. The summed E-state index contributed by atoms with van der Waals surface area (Å²) in [7, 11) is 0. The van der Waals surface area contributed by atoms with Gasteiger partial charge in [-0.3, -0.25) is 4.79 Å². The highest BCUT2D eigenvalue weighted by atomic mass is 16.5. The standard InChI is InChI=1S/C7H9NO3/c1-2-5-4-11-8-6(5)3-7(9)10/h4H,2-3H2,1H3,(H,9,10). The first-order valence-corrected chi connectivity index (χ1v) is 3.38. The maximum absolute atomic E-state index is 10.3. The molecule has 0 aliphatic rings. The van der Waals surface area contributed by atoms with Gasteiger partial charge in [0.2, 0.25) is 0 Å². The van der Waals surface area contributed by atoms with Gasteiger partial charge in [-0.15, -0.1) is 0 Å². The summed E-state index contributed by atoms with van der Waals surface area (Å²) >= 11 is 0. The van der Waals surface area contributed by atoms with Gasteiger partial charge in [-0.05, 0) is 6.42 Å². The molecule has 0 saturated heterocycles. The Bertz CT molecular complexity index is 254. The van der Waals surface area contributed by atoms with E-state index < -0.39 is 5.97 Å². The third-order valence-electron chi connectivity index (χ3n) is 1.43. The van der Waals surface area contributed by atoms with Crippen LogP contribution in [0.3, 0.4) is 0 Å². The van der Waals surface area contributed by atoms with E-state index in [2.05, 4.69) is 9.68 Å². The molecule has 4 nitrogen and oxygen atoms in total. The Morgan fingerprint density at radius 2 is 2.55 bits per heavy atom. The number of rotatable bonds is 3. The zero-order chi connectivity index (χ0) is 8.27. The first-order valence-electron chi connectivity index (χ1n) is 3.38. The van der Waals surface area contributed by atoms with Gasteiger partial charge in [0.25, 0.3) is 0 Å². The highest BCUT2D eigenvalue weighted by Gasteiger charge is 2.08. The second kappa shape index (κ2) is 3.18. The molecule has 0 aliphatic carbocycles. The van der Waals surface area contributed by atoms with Gasteiger partial charge >= 0.3 is 5.97 Å². The molecule has 0 bridgehead atoms. The average molecular weight is 155 g/mol. The van der Waals surface area contributed by atoms with E-state index in [-0.39, 0.29) is 6.42 Å². The minimum absolute atomic E-state index is 0.0559. The molecule has 60 valence electrons. The van der Waals surface area contributed by atoms with E-state index in [1.165, 1.54) is 6.26 Å². The lowest BCUT2D eigenvalue weighted by molar-refractivity contribution is -0.136. The van der Waals surface area contributed by atoms with E-state index in [9.17, 15) is 4.79 Å². The van der Waals surface area contributed by atoms with Crippen molar-refractivity contribution in [3.05, 3.63) is 17.5 Å². The van der Waals surface area contributed by atoms with Crippen LogP contribution >= 0.6 is 0 Å². The Hall–Kier alpha value is -1.32. The Morgan fingerprint density at radius 3 is 3.09 bits per heavy atom. The predicted octanol–water partition coefficient (Wildman–Crippen LogP) is 0.864. The van der Waals surface area contributed by atoms with Gasteiger partial charge in [0.05, 0.1) is 12.1 Å². The number of carboxylic acids is 1. The van der Waals surface area contributed by atoms with Crippen molar-refractivity contribution in [2.24, 2.45) is 0 Å². The summed E-state index contributed by atoms with van der Waals surface area (Å²) in [5, 5.41) is 12.0. The molecule has 0 atom stereocenters. The van der Waals surface area contributed by atoms with Gasteiger partial charge in [0.15, 0.2) is 0 Å². The molecular formula is C7H9NO3. The molecule has 1 aromatic rings. The molecule has 0 saturated carbocycles. The molecule has 0 aromatic carbocycles. The monoisotopic (exact) mass is 155 g/mol. The number of hydrogen-bond acceptors (Lipinski definition) is 3. The van der Waals surface area contributed by atoms with E-state index in [0.29, 0.717) is 5.69 Å². The van der Waals surface area contributed by atoms with Gasteiger partial charge in [0, 0.05) is 5.56 Å². The van der Waals surface area contributed by atoms with Crippen LogP contribution in [-0.4, -0.2) is 16.2 Å². The van der Waals surface area contributed by atoms with Crippen molar-refractivity contribution in [1.82, 2.24) is 5.16 Å². The van der Waals surface area contributed by atoms with Crippen molar-refractivity contribution < 1.29 is 14.4 Å². The molecule has 4 heteroatoms. The van der Waals surface area contributed by atoms with Gasteiger partial charge in [-0.1, -0.05) is 12.1 Å². The summed E-state index contributed by atoms with van der Waals surface area (Å²) < 4.78 is 4.62. The van der Waals surface area contributed by atoms with E-state index in [0.717, 1.165) is 12.0 Å². The van der Waals surface area contributed by atoms with E-state index in [1.54, 1.807) is 0 Å². The second-order valence-corrected chi connectivity index (χ2v) is 2.21. The van der Waals surface area contributed by atoms with Crippen LogP contribution in [0.2, 0.25) is 0 Å². The lowest BCUT2D eigenvalue weighted by Crippen LogP contribution is -2.02. The number of carboxylic acid groups (broad SMARTS) is 1. The van der Waals surface area contributed by atoms with Crippen molar-refractivity contribution in [2.75, 3.05) is 0 Å². The van der Waals surface area contributed by atoms with Crippen molar-refractivity contribution >= 4 is 5.97 Å². The molecule has 0 fully saturated rings. The van der Waals surface area contributed by atoms with Crippen LogP contribution in [0, 0.1) is 0 Å². The molecule has 1 heterocycles. The molecule has 0 unspecified atom stereocenters. The van der Waals surface area contributed by atoms with Crippen LogP contribution in [0.15, 0.2) is 10.8 Å². The Labute approximate surface area is 63.8 Å².